The summed E-state index contributed by atoms with van der Waals surface area (Å²) in [7, 11) is -4.69. The number of aliphatic hydroxyl groups excluding tert-OH is 3. The monoisotopic (exact) mass is 1450 g/mol. The average molecular weight is 1450 g/mol. The summed E-state index contributed by atoms with van der Waals surface area (Å²) in [5.41, 5.74) is 3.41. The molecule has 30 nitrogen and oxygen atoms in total. The van der Waals surface area contributed by atoms with Crippen LogP contribution in [0.1, 0.15) is 55.0 Å². The number of sulfonamides is 1. The third-order valence-corrected chi connectivity index (χ3v) is 18.6. The van der Waals surface area contributed by atoms with Gasteiger partial charge in [-0.1, -0.05) is 188 Å². The molecule has 15 atom stereocenters. The number of imide groups is 1. The Kier molecular flexibility index (Phi) is 26.2. The number of hydrogen-bond acceptors (Lipinski definition) is 23. The standard InChI is InChI=1S/C73H79N7O23S/c81-39-58-62(102-67-55(77-72(89)96-43-48-24-12-4-13-25-48)33-31-51(99-67)38-75-70(87)94-41-46-20-8-2-9-21-46)60(83)68(100-58)103-63-59(82)56(79-104(91,92)35-34-80-64(84)52-28-16-17-29-53(52)65(80)85)36-57(78-73(90)97-44-49-26-14-5-15-27-49)61(63)101-66-54(76-71(88)95-42-47-22-10-3-11-23-47)32-30-50(98-66)37-74-69(86)93-40-45-18-6-1-7-19-45/h1-33,50-51,54-63,66-68,79,81-83H,34-44H2,(H,74,86)(H,75,87)(H,76,88)(H,77,89)(H,78,90)/t50-,51+,54+,55+,56+,57-,58+,59-,60+,61+,62+,63+,66+,67+,68-/m0/s1. The second kappa shape index (κ2) is 36.3. The molecule has 5 aliphatic rings. The first-order valence-corrected chi connectivity index (χ1v) is 35.1. The van der Waals surface area contributed by atoms with Crippen molar-refractivity contribution in [2.75, 3.05) is 32.0 Å². The molecule has 31 heteroatoms. The molecule has 6 aromatic carbocycles. The highest BCUT2D eigenvalue weighted by Crippen LogP contribution is 2.36. The van der Waals surface area contributed by atoms with Crippen molar-refractivity contribution in [3.05, 3.63) is 239 Å². The summed E-state index contributed by atoms with van der Waals surface area (Å²) in [6.45, 7) is -2.75. The molecule has 0 aromatic heterocycles. The van der Waals surface area contributed by atoms with Gasteiger partial charge in [-0.05, 0) is 46.4 Å². The van der Waals surface area contributed by atoms with Crippen LogP contribution in [0, 0.1) is 0 Å². The highest BCUT2D eigenvalue weighted by Gasteiger charge is 2.55. The van der Waals surface area contributed by atoms with Gasteiger partial charge in [-0.2, -0.15) is 0 Å². The summed E-state index contributed by atoms with van der Waals surface area (Å²) in [6, 6.07) is 44.1. The Labute approximate surface area is 597 Å². The number of benzene rings is 6. The number of nitrogens with zero attached hydrogens (tertiary/aromatic N) is 1. The first-order chi connectivity index (χ1) is 50.4. The molecule has 0 spiro atoms. The molecule has 4 aliphatic heterocycles. The van der Waals surface area contributed by atoms with E-state index in [-0.39, 0.29) is 57.3 Å². The predicted molar refractivity (Wildman–Crippen MR) is 365 cm³/mol. The summed E-state index contributed by atoms with van der Waals surface area (Å²) in [4.78, 5) is 95.4. The minimum Gasteiger partial charge on any atom is -0.445 e. The maximum Gasteiger partial charge on any atom is 0.408 e. The predicted octanol–water partition coefficient (Wildman–Crippen LogP) is 4.87. The first kappa shape index (κ1) is 75.0. The van der Waals surface area contributed by atoms with Crippen LogP contribution in [0.5, 0.6) is 0 Å². The number of aliphatic hydroxyl groups is 3. The molecule has 2 fully saturated rings. The van der Waals surface area contributed by atoms with E-state index >= 15 is 0 Å². The zero-order valence-corrected chi connectivity index (χ0v) is 56.7. The van der Waals surface area contributed by atoms with E-state index in [1.807, 2.05) is 6.07 Å². The number of carbonyl (C=O) groups excluding carboxylic acids is 7. The largest absolute Gasteiger partial charge is 0.445 e. The van der Waals surface area contributed by atoms with E-state index in [2.05, 4.69) is 31.3 Å². The molecule has 7 amide bonds. The molecule has 0 bridgehead atoms. The Balaban J connectivity index is 0.889. The number of carbonyl (C=O) groups is 7. The minimum absolute atomic E-state index is 0.0495. The topological polar surface area (TPSA) is 391 Å². The van der Waals surface area contributed by atoms with Crippen molar-refractivity contribution in [2.24, 2.45) is 0 Å². The molecule has 4 heterocycles. The lowest BCUT2D eigenvalue weighted by atomic mass is 9.83. The Bertz CT molecular complexity index is 4010. The van der Waals surface area contributed by atoms with Gasteiger partial charge in [0.15, 0.2) is 18.9 Å². The van der Waals surface area contributed by atoms with Crippen molar-refractivity contribution < 1.29 is 109 Å². The molecular weight excluding hydrogens is 1370 g/mol. The maximum atomic E-state index is 14.5. The molecule has 9 N–H and O–H groups in total. The number of fused-ring (bicyclic) bond motifs is 1. The lowest BCUT2D eigenvalue weighted by molar-refractivity contribution is -0.282. The Morgan fingerprint density at radius 3 is 1.23 bits per heavy atom. The van der Waals surface area contributed by atoms with E-state index in [0.29, 0.717) is 22.3 Å². The van der Waals surface area contributed by atoms with Crippen LogP contribution in [-0.2, 0) is 95.2 Å². The van der Waals surface area contributed by atoms with Crippen LogP contribution >= 0.6 is 0 Å². The second-order valence-electron chi connectivity index (χ2n) is 24.6. The van der Waals surface area contributed by atoms with Gasteiger partial charge in [0.25, 0.3) is 11.8 Å². The van der Waals surface area contributed by atoms with Crippen LogP contribution in [0.25, 0.3) is 0 Å². The fourth-order valence-electron chi connectivity index (χ4n) is 11.9. The summed E-state index contributed by atoms with van der Waals surface area (Å²) in [5, 5.41) is 49.9. The van der Waals surface area contributed by atoms with Gasteiger partial charge >= 0.3 is 30.5 Å². The van der Waals surface area contributed by atoms with E-state index in [1.165, 1.54) is 36.4 Å². The van der Waals surface area contributed by atoms with Crippen molar-refractivity contribution in [3.63, 3.8) is 0 Å². The van der Waals surface area contributed by atoms with Gasteiger partial charge in [-0.3, -0.25) is 14.5 Å². The van der Waals surface area contributed by atoms with Crippen molar-refractivity contribution in [1.82, 2.24) is 36.2 Å². The van der Waals surface area contributed by atoms with Crippen LogP contribution in [-0.4, -0.2) is 195 Å². The van der Waals surface area contributed by atoms with Crippen molar-refractivity contribution in [2.45, 2.75) is 131 Å². The van der Waals surface area contributed by atoms with Crippen molar-refractivity contribution in [1.29, 1.82) is 0 Å². The van der Waals surface area contributed by atoms with Crippen LogP contribution < -0.4 is 31.3 Å². The van der Waals surface area contributed by atoms with Gasteiger partial charge in [0, 0.05) is 6.54 Å². The molecule has 1 saturated carbocycles. The molecule has 104 heavy (non-hydrogen) atoms. The number of nitrogens with one attached hydrogen (secondary N) is 6. The summed E-state index contributed by atoms with van der Waals surface area (Å²) in [6.07, 6.45) is -17.7. The number of rotatable bonds is 29. The number of hydrogen-bond donors (Lipinski definition) is 9. The van der Waals surface area contributed by atoms with E-state index < -0.39 is 169 Å². The first-order valence-electron chi connectivity index (χ1n) is 33.4. The molecule has 0 unspecified atom stereocenters. The van der Waals surface area contributed by atoms with Gasteiger partial charge < -0.3 is 94.0 Å². The molecule has 6 aromatic rings. The fourth-order valence-corrected chi connectivity index (χ4v) is 13.2. The van der Waals surface area contributed by atoms with Crippen LogP contribution in [0.4, 0.5) is 24.0 Å². The third kappa shape index (κ3) is 20.8. The molecule has 1 saturated heterocycles. The molecular formula is C73H79N7O23S. The zero-order chi connectivity index (χ0) is 73.0. The Morgan fingerprint density at radius 1 is 0.442 bits per heavy atom. The SMILES string of the molecule is O=C(NC[C@H]1C=C[C@@H](NC(=O)OCc2ccccc2)[C@@H](O[C@H]2[C@@H](O)[C@H](O[C@@H]3[C@@H](O)[C@H](NS(=O)(=O)CCN4C(=O)c5ccccc5C4=O)C[C@H](NC(=O)OCc4ccccc4)[C@H]3O[C@H]3O[C@H](CNC(=O)OCc4ccccc4)C=C[C@H]3NC(=O)OCc3ccccc3)O[C@@H]2CO)O1)OCc1ccccc1. The molecule has 0 radical (unpaired) electrons. The Morgan fingerprint density at radius 2 is 0.817 bits per heavy atom. The quantitative estimate of drug-likeness (QED) is 0.0172. The molecule has 11 rings (SSSR count). The van der Waals surface area contributed by atoms with Crippen LogP contribution in [0.2, 0.25) is 0 Å². The third-order valence-electron chi connectivity index (χ3n) is 17.2. The number of amides is 7. The van der Waals surface area contributed by atoms with Gasteiger partial charge in [0.2, 0.25) is 10.0 Å². The highest BCUT2D eigenvalue weighted by molar-refractivity contribution is 7.89. The minimum atomic E-state index is -4.69. The number of alkyl carbamates (subject to hydrolysis) is 5. The smallest absolute Gasteiger partial charge is 0.408 e. The van der Waals surface area contributed by atoms with Gasteiger partial charge in [-0.15, -0.1) is 0 Å². The normalized spacial score (nSPS) is 25.6. The second-order valence-corrected chi connectivity index (χ2v) is 26.5. The van der Waals surface area contributed by atoms with Crippen LogP contribution in [0.3, 0.4) is 0 Å². The summed E-state index contributed by atoms with van der Waals surface area (Å²) >= 11 is 0. The lowest BCUT2D eigenvalue weighted by Gasteiger charge is -2.47. The van der Waals surface area contributed by atoms with Crippen molar-refractivity contribution in [3.8, 4) is 0 Å². The van der Waals surface area contributed by atoms with Gasteiger partial charge in [0.1, 0.15) is 75.6 Å². The number of ether oxygens (including phenoxy) is 11. The summed E-state index contributed by atoms with van der Waals surface area (Å²) < 4.78 is 98.0. The maximum absolute atomic E-state index is 14.5. The highest BCUT2D eigenvalue weighted by atomic mass is 32.2. The molecule has 550 valence electrons. The van der Waals surface area contributed by atoms with E-state index in [9.17, 15) is 57.3 Å². The van der Waals surface area contributed by atoms with Gasteiger partial charge in [-0.25, -0.2) is 37.1 Å². The fraction of sp³-hybridized carbons (Fsp3) is 0.356. The van der Waals surface area contributed by atoms with Crippen LogP contribution in [0.15, 0.2) is 200 Å². The zero-order valence-electron chi connectivity index (χ0n) is 55.9. The lowest BCUT2D eigenvalue weighted by Crippen LogP contribution is -2.68. The van der Waals surface area contributed by atoms with Crippen molar-refractivity contribution >= 4 is 52.3 Å². The van der Waals surface area contributed by atoms with Gasteiger partial charge in [0.05, 0.1) is 67.0 Å². The van der Waals surface area contributed by atoms with E-state index in [0.717, 1.165) is 10.5 Å². The summed E-state index contributed by atoms with van der Waals surface area (Å²) in [5.74, 6) is -2.38. The van der Waals surface area contributed by atoms with E-state index in [4.69, 9.17) is 52.1 Å². The Hall–Kier alpha value is -10.2. The average Bonchev–Trinajstić information content (AvgIpc) is 1.46. The molecule has 1 aliphatic carbocycles. The van der Waals surface area contributed by atoms with E-state index in [1.54, 1.807) is 158 Å².